The molecule has 2 rings (SSSR count). The van der Waals surface area contributed by atoms with Crippen molar-refractivity contribution in [2.75, 3.05) is 0 Å². The number of carboxylic acid groups (broad SMARTS) is 1. The minimum absolute atomic E-state index is 0.231. The Bertz CT molecular complexity index is 856. The number of aromatic hydroxyl groups is 1. The molecule has 0 amide bonds. The smallest absolute Gasteiger partial charge is 0.441 e. The number of rotatable bonds is 5. The van der Waals surface area contributed by atoms with Crippen LogP contribution in [0.25, 0.3) is 0 Å². The fraction of sp³-hybridized carbons (Fsp3) is 0.235. The fourth-order valence-electron chi connectivity index (χ4n) is 2.66. The predicted octanol–water partition coefficient (Wildman–Crippen LogP) is 3.52. The second-order valence-electron chi connectivity index (χ2n) is 5.72. The number of phenolic OH excluding ortho intramolecular Hbond substituents is 1. The van der Waals surface area contributed by atoms with Crippen LogP contribution in [0.5, 0.6) is 11.5 Å². The summed E-state index contributed by atoms with van der Waals surface area (Å²) in [5.41, 5.74) is -7.25. The van der Waals surface area contributed by atoms with Gasteiger partial charge in [-0.15, -0.1) is 0 Å². The molecule has 158 valence electrons. The molecule has 0 saturated heterocycles. The molecule has 0 spiro atoms. The molecule has 0 heterocycles. The van der Waals surface area contributed by atoms with Crippen LogP contribution in [0.4, 0.5) is 35.1 Å². The Labute approximate surface area is 157 Å². The molecular weight excluding hydrogens is 420 g/mol. The van der Waals surface area contributed by atoms with Crippen LogP contribution in [0, 0.1) is 0 Å². The largest absolute Gasteiger partial charge is 0.541 e. The first-order valence-corrected chi connectivity index (χ1v) is 7.44. The molecule has 0 aliphatic carbocycles. The van der Waals surface area contributed by atoms with E-state index < -0.39 is 52.5 Å². The summed E-state index contributed by atoms with van der Waals surface area (Å²) in [6.07, 6.45) is -16.7. The van der Waals surface area contributed by atoms with E-state index in [1.54, 1.807) is 0 Å². The van der Waals surface area contributed by atoms with Gasteiger partial charge in [-0.3, -0.25) is 0 Å². The third-order valence-electron chi connectivity index (χ3n) is 3.92. The van der Waals surface area contributed by atoms with E-state index in [4.69, 9.17) is 0 Å². The average molecular weight is 429 g/mol. The third-order valence-corrected chi connectivity index (χ3v) is 3.92. The van der Waals surface area contributed by atoms with Crippen molar-refractivity contribution in [3.05, 3.63) is 59.7 Å². The Kier molecular flexibility index (Phi) is 5.43. The molecule has 0 aliphatic heterocycles. The van der Waals surface area contributed by atoms with Gasteiger partial charge in [0.05, 0.1) is 0 Å². The number of hydrogen-bond donors (Lipinski definition) is 1. The van der Waals surface area contributed by atoms with Gasteiger partial charge in [0.15, 0.2) is 5.97 Å². The third kappa shape index (κ3) is 3.91. The van der Waals surface area contributed by atoms with Crippen LogP contribution in [0.1, 0.15) is 11.1 Å². The van der Waals surface area contributed by atoms with Gasteiger partial charge in [0.1, 0.15) is 11.5 Å². The summed E-state index contributed by atoms with van der Waals surface area (Å²) >= 11 is 0. The minimum atomic E-state index is -5.93. The Morgan fingerprint density at radius 1 is 0.759 bits per heavy atom. The van der Waals surface area contributed by atoms with Crippen LogP contribution >= 0.6 is 0 Å². The molecule has 0 fully saturated rings. The van der Waals surface area contributed by atoms with Crippen molar-refractivity contribution in [1.82, 2.24) is 0 Å². The predicted molar refractivity (Wildman–Crippen MR) is 78.0 cm³/mol. The van der Waals surface area contributed by atoms with Crippen molar-refractivity contribution < 1.29 is 54.9 Å². The maximum Gasteiger partial charge on any atom is 0.441 e. The van der Waals surface area contributed by atoms with Crippen LogP contribution in [0.2, 0.25) is 0 Å². The number of carbonyl (C=O) groups excluding carboxylic acids is 1. The van der Waals surface area contributed by atoms with Crippen molar-refractivity contribution in [1.29, 1.82) is 0 Å². The summed E-state index contributed by atoms with van der Waals surface area (Å²) in [5, 5.41) is 19.4. The van der Waals surface area contributed by atoms with Crippen LogP contribution in [0.3, 0.4) is 0 Å². The molecule has 0 bridgehead atoms. The summed E-state index contributed by atoms with van der Waals surface area (Å²) in [4.78, 5) is 10.2. The molecule has 2 aromatic carbocycles. The number of alkyl halides is 8. The van der Waals surface area contributed by atoms with Gasteiger partial charge in [-0.05, 0) is 35.4 Å². The summed E-state index contributed by atoms with van der Waals surface area (Å²) in [6.45, 7) is 0. The highest BCUT2D eigenvalue weighted by Crippen LogP contribution is 2.56. The van der Waals surface area contributed by atoms with Gasteiger partial charge in [-0.1, -0.05) is 24.3 Å². The van der Waals surface area contributed by atoms with Crippen LogP contribution in [0.15, 0.2) is 48.5 Å². The zero-order valence-corrected chi connectivity index (χ0v) is 13.8. The second kappa shape index (κ2) is 7.08. The van der Waals surface area contributed by atoms with E-state index in [9.17, 15) is 50.1 Å². The summed E-state index contributed by atoms with van der Waals surface area (Å²) < 4.78 is 112. The maximum absolute atomic E-state index is 13.8. The van der Waals surface area contributed by atoms with Gasteiger partial charge in [0, 0.05) is 0 Å². The first-order chi connectivity index (χ1) is 13.1. The average Bonchev–Trinajstić information content (AvgIpc) is 2.55. The Hall–Kier alpha value is -3.05. The van der Waals surface area contributed by atoms with Gasteiger partial charge < -0.3 is 19.7 Å². The van der Waals surface area contributed by atoms with Crippen LogP contribution < -0.4 is 9.84 Å². The van der Waals surface area contributed by atoms with Gasteiger partial charge in [-0.25, -0.2) is 0 Å². The lowest BCUT2D eigenvalue weighted by Crippen LogP contribution is -2.54. The molecule has 0 aliphatic rings. The van der Waals surface area contributed by atoms with E-state index in [-0.39, 0.29) is 12.1 Å². The maximum atomic E-state index is 13.8. The van der Waals surface area contributed by atoms with Crippen molar-refractivity contribution in [3.8, 4) is 11.5 Å². The van der Waals surface area contributed by atoms with E-state index in [0.29, 0.717) is 36.4 Å². The number of carbonyl (C=O) groups is 1. The Morgan fingerprint density at radius 2 is 1.14 bits per heavy atom. The lowest BCUT2D eigenvalue weighted by Gasteiger charge is -2.38. The van der Waals surface area contributed by atoms with Crippen molar-refractivity contribution >= 4 is 5.97 Å². The topological polar surface area (TPSA) is 69.6 Å². The van der Waals surface area contributed by atoms with Crippen LogP contribution in [-0.4, -0.2) is 29.5 Å². The second-order valence-corrected chi connectivity index (χ2v) is 5.72. The molecule has 29 heavy (non-hydrogen) atoms. The number of ether oxygens (including phenoxy) is 1. The molecule has 2 aromatic rings. The molecule has 1 N–H and O–H groups in total. The molecule has 4 nitrogen and oxygen atoms in total. The quantitative estimate of drug-likeness (QED) is 0.739. The fourth-order valence-corrected chi connectivity index (χ4v) is 2.66. The van der Waals surface area contributed by atoms with Crippen LogP contribution in [-0.2, 0) is 10.2 Å². The van der Waals surface area contributed by atoms with E-state index >= 15 is 0 Å². The van der Waals surface area contributed by atoms with Gasteiger partial charge in [-0.2, -0.15) is 35.1 Å². The van der Waals surface area contributed by atoms with Crippen molar-refractivity contribution in [3.63, 3.8) is 0 Å². The van der Waals surface area contributed by atoms with Crippen molar-refractivity contribution in [2.24, 2.45) is 0 Å². The number of aliphatic carboxylic acids is 1. The summed E-state index contributed by atoms with van der Waals surface area (Å²) in [7, 11) is 0. The highest BCUT2D eigenvalue weighted by Gasteiger charge is 2.72. The first kappa shape index (κ1) is 22.2. The highest BCUT2D eigenvalue weighted by molar-refractivity contribution is 5.71. The molecule has 0 atom stereocenters. The zero-order chi connectivity index (χ0) is 22.3. The standard InChI is InChI=1S/C17H10F8O4/c18-15(19,13(27)28)29-12-7-3-10(4-8-12)14(16(20,21)22,17(23,24)25)9-1-5-11(26)6-2-9/h1-8,26H,(H,27,28)/p-1. The SMILES string of the molecule is O=C([O-])C(F)(F)Oc1ccc(C(c2ccc(O)cc2)(C(F)(F)F)C(F)(F)F)cc1. The molecular formula is C17H9F8O4-. The van der Waals surface area contributed by atoms with E-state index in [2.05, 4.69) is 4.74 Å². The highest BCUT2D eigenvalue weighted by atomic mass is 19.4. The minimum Gasteiger partial charge on any atom is -0.541 e. The molecule has 0 saturated carbocycles. The van der Waals surface area contributed by atoms with Gasteiger partial charge >= 0.3 is 18.5 Å². The number of benzene rings is 2. The zero-order valence-electron chi connectivity index (χ0n) is 13.8. The normalized spacial score (nSPS) is 13.2. The first-order valence-electron chi connectivity index (χ1n) is 7.44. The molecule has 0 aromatic heterocycles. The van der Waals surface area contributed by atoms with E-state index in [0.717, 1.165) is 0 Å². The Morgan fingerprint density at radius 3 is 1.48 bits per heavy atom. The molecule has 12 heteroatoms. The van der Waals surface area contributed by atoms with E-state index in [1.807, 2.05) is 0 Å². The Balaban J connectivity index is 2.67. The monoisotopic (exact) mass is 429 g/mol. The lowest BCUT2D eigenvalue weighted by atomic mass is 9.73. The number of carboxylic acids is 1. The number of hydrogen-bond acceptors (Lipinski definition) is 4. The summed E-state index contributed by atoms with van der Waals surface area (Å²) in [6, 6.07) is 3.22. The van der Waals surface area contributed by atoms with Gasteiger partial charge in [0.2, 0.25) is 5.41 Å². The molecule has 0 radical (unpaired) electrons. The van der Waals surface area contributed by atoms with E-state index in [1.165, 1.54) is 0 Å². The number of halogens is 8. The van der Waals surface area contributed by atoms with Gasteiger partial charge in [0.25, 0.3) is 0 Å². The summed E-state index contributed by atoms with van der Waals surface area (Å²) in [5.74, 6) is -4.54. The number of phenols is 1. The molecule has 0 unspecified atom stereocenters. The van der Waals surface area contributed by atoms with Crippen molar-refractivity contribution in [2.45, 2.75) is 23.9 Å². The lowest BCUT2D eigenvalue weighted by molar-refractivity contribution is -0.350.